The van der Waals surface area contributed by atoms with Gasteiger partial charge >= 0.3 is 6.09 Å². The molecular weight excluding hydrogens is 388 g/mol. The van der Waals surface area contributed by atoms with Gasteiger partial charge in [0.05, 0.1) is 0 Å². The van der Waals surface area contributed by atoms with Gasteiger partial charge < -0.3 is 9.64 Å². The molecule has 0 atom stereocenters. The Labute approximate surface area is 183 Å². The topological polar surface area (TPSA) is 58.6 Å². The first-order chi connectivity index (χ1) is 15.2. The molecule has 31 heavy (non-hydrogen) atoms. The fourth-order valence-electron chi connectivity index (χ4n) is 3.63. The molecule has 0 bridgehead atoms. The number of rotatable bonds is 6. The molecule has 160 valence electrons. The number of nitrogens with zero attached hydrogens (tertiary/aromatic N) is 4. The normalized spacial score (nSPS) is 14.4. The second-order valence-corrected chi connectivity index (χ2v) is 7.92. The molecule has 0 N–H and O–H groups in total. The van der Waals surface area contributed by atoms with Crippen molar-refractivity contribution in [3.63, 3.8) is 0 Å². The summed E-state index contributed by atoms with van der Waals surface area (Å²) in [6.45, 7) is 6.05. The molecule has 0 spiro atoms. The second-order valence-electron chi connectivity index (χ2n) is 7.92. The quantitative estimate of drug-likeness (QED) is 0.613. The Kier molecular flexibility index (Phi) is 6.89. The van der Waals surface area contributed by atoms with Gasteiger partial charge in [0, 0.05) is 69.3 Å². The zero-order valence-electron chi connectivity index (χ0n) is 17.9. The summed E-state index contributed by atoms with van der Waals surface area (Å²) < 4.78 is 5.58. The lowest BCUT2D eigenvalue weighted by Gasteiger charge is -2.33. The van der Waals surface area contributed by atoms with Crippen LogP contribution in [0.15, 0.2) is 67.0 Å². The first kappa shape index (κ1) is 21.0. The molecule has 4 rings (SSSR count). The molecular formula is C25H28N4O2. The number of hydrogen-bond donors (Lipinski definition) is 0. The van der Waals surface area contributed by atoms with Gasteiger partial charge in [0.25, 0.3) is 0 Å². The van der Waals surface area contributed by atoms with Crippen molar-refractivity contribution < 1.29 is 9.53 Å². The molecule has 0 aliphatic carbocycles. The van der Waals surface area contributed by atoms with E-state index in [2.05, 4.69) is 27.0 Å². The summed E-state index contributed by atoms with van der Waals surface area (Å²) >= 11 is 0. The van der Waals surface area contributed by atoms with Crippen LogP contribution in [-0.4, -0.2) is 58.6 Å². The highest BCUT2D eigenvalue weighted by atomic mass is 16.6. The third-order valence-corrected chi connectivity index (χ3v) is 5.53. The number of pyridine rings is 2. The van der Waals surface area contributed by atoms with Crippen molar-refractivity contribution >= 4 is 6.09 Å². The molecule has 6 heteroatoms. The van der Waals surface area contributed by atoms with Crippen molar-refractivity contribution in [3.05, 3.63) is 89.5 Å². The minimum Gasteiger partial charge on any atom is -0.410 e. The third-order valence-electron chi connectivity index (χ3n) is 5.53. The number of carbonyl (C=O) groups excluding carboxylic acids is 1. The average Bonchev–Trinajstić information content (AvgIpc) is 2.81. The summed E-state index contributed by atoms with van der Waals surface area (Å²) in [4.78, 5) is 25.5. The SMILES string of the molecule is Cc1ccc(Cc2ccc(OC(=O)N3CCN(CCc4ccccn4)CC3)cc2)nc1. The molecule has 0 unspecified atom stereocenters. The van der Waals surface area contributed by atoms with E-state index >= 15 is 0 Å². The van der Waals surface area contributed by atoms with E-state index < -0.39 is 0 Å². The first-order valence-corrected chi connectivity index (χ1v) is 10.8. The van der Waals surface area contributed by atoms with Crippen LogP contribution in [0.4, 0.5) is 4.79 Å². The largest absolute Gasteiger partial charge is 0.415 e. The summed E-state index contributed by atoms with van der Waals surface area (Å²) in [6.07, 6.45) is 5.11. The molecule has 1 fully saturated rings. The number of ether oxygens (including phenoxy) is 1. The molecule has 1 saturated heterocycles. The minimum absolute atomic E-state index is 0.280. The van der Waals surface area contributed by atoms with Crippen molar-refractivity contribution in [2.45, 2.75) is 19.8 Å². The van der Waals surface area contributed by atoms with Crippen LogP contribution < -0.4 is 4.74 Å². The molecule has 3 heterocycles. The lowest BCUT2D eigenvalue weighted by molar-refractivity contribution is 0.111. The summed E-state index contributed by atoms with van der Waals surface area (Å²) in [7, 11) is 0. The van der Waals surface area contributed by atoms with E-state index in [1.54, 1.807) is 4.90 Å². The molecule has 0 radical (unpaired) electrons. The van der Waals surface area contributed by atoms with Gasteiger partial charge in [0.2, 0.25) is 0 Å². The van der Waals surface area contributed by atoms with Crippen LogP contribution in [0.25, 0.3) is 0 Å². The highest BCUT2D eigenvalue weighted by molar-refractivity contribution is 5.70. The van der Waals surface area contributed by atoms with E-state index in [1.807, 2.05) is 61.8 Å². The fraction of sp³-hybridized carbons (Fsp3) is 0.320. The number of hydrogen-bond acceptors (Lipinski definition) is 5. The third kappa shape index (κ3) is 6.12. The number of carbonyl (C=O) groups is 1. The van der Waals surface area contributed by atoms with Crippen LogP contribution in [0.2, 0.25) is 0 Å². The standard InChI is InChI=1S/C25H28N4O2/c1-20-5-8-23(27-19-20)18-21-6-9-24(10-7-21)31-25(30)29-16-14-28(15-17-29)13-11-22-4-2-3-12-26-22/h2-10,12,19H,11,13-18H2,1H3. The lowest BCUT2D eigenvalue weighted by atomic mass is 10.1. The molecule has 0 saturated carbocycles. The summed E-state index contributed by atoms with van der Waals surface area (Å²) in [5.74, 6) is 0.572. The van der Waals surface area contributed by atoms with Crippen LogP contribution in [0.5, 0.6) is 5.75 Å². The highest BCUT2D eigenvalue weighted by Gasteiger charge is 2.22. The Bertz CT molecular complexity index is 967. The van der Waals surface area contributed by atoms with Gasteiger partial charge in [-0.25, -0.2) is 4.79 Å². The number of aromatic nitrogens is 2. The summed E-state index contributed by atoms with van der Waals surface area (Å²) in [6, 6.07) is 17.8. The van der Waals surface area contributed by atoms with Crippen LogP contribution in [-0.2, 0) is 12.8 Å². The van der Waals surface area contributed by atoms with Crippen molar-refractivity contribution in [1.29, 1.82) is 0 Å². The van der Waals surface area contributed by atoms with Crippen molar-refractivity contribution in [3.8, 4) is 5.75 Å². The minimum atomic E-state index is -0.280. The zero-order valence-corrected chi connectivity index (χ0v) is 17.9. The first-order valence-electron chi connectivity index (χ1n) is 10.8. The van der Waals surface area contributed by atoms with E-state index in [4.69, 9.17) is 4.74 Å². The van der Waals surface area contributed by atoms with Crippen molar-refractivity contribution in [2.24, 2.45) is 0 Å². The predicted octanol–water partition coefficient (Wildman–Crippen LogP) is 3.73. The van der Waals surface area contributed by atoms with Crippen LogP contribution in [0.3, 0.4) is 0 Å². The van der Waals surface area contributed by atoms with Crippen LogP contribution in [0, 0.1) is 6.92 Å². The Balaban J connectivity index is 1.22. The van der Waals surface area contributed by atoms with E-state index in [0.717, 1.165) is 55.0 Å². The van der Waals surface area contributed by atoms with Gasteiger partial charge in [0.15, 0.2) is 0 Å². The molecule has 1 aromatic carbocycles. The van der Waals surface area contributed by atoms with Gasteiger partial charge in [-0.15, -0.1) is 0 Å². The molecule has 1 amide bonds. The Morgan fingerprint density at radius 3 is 2.42 bits per heavy atom. The van der Waals surface area contributed by atoms with E-state index in [9.17, 15) is 4.79 Å². The molecule has 1 aliphatic heterocycles. The van der Waals surface area contributed by atoms with Gasteiger partial charge in [0.1, 0.15) is 5.75 Å². The van der Waals surface area contributed by atoms with Gasteiger partial charge in [-0.1, -0.05) is 24.3 Å². The molecule has 2 aromatic heterocycles. The number of amides is 1. The number of benzene rings is 1. The van der Waals surface area contributed by atoms with E-state index in [1.165, 1.54) is 0 Å². The lowest BCUT2D eigenvalue weighted by Crippen LogP contribution is -2.49. The smallest absolute Gasteiger partial charge is 0.410 e. The van der Waals surface area contributed by atoms with Gasteiger partial charge in [-0.3, -0.25) is 14.9 Å². The average molecular weight is 417 g/mol. The maximum absolute atomic E-state index is 12.5. The van der Waals surface area contributed by atoms with Crippen LogP contribution in [0.1, 0.15) is 22.5 Å². The highest BCUT2D eigenvalue weighted by Crippen LogP contribution is 2.16. The van der Waals surface area contributed by atoms with Gasteiger partial charge in [-0.05, 0) is 48.4 Å². The molecule has 6 nitrogen and oxygen atoms in total. The van der Waals surface area contributed by atoms with E-state index in [0.29, 0.717) is 18.8 Å². The van der Waals surface area contributed by atoms with Crippen molar-refractivity contribution in [1.82, 2.24) is 19.8 Å². The summed E-state index contributed by atoms with van der Waals surface area (Å²) in [5.41, 5.74) is 4.42. The maximum atomic E-state index is 12.5. The van der Waals surface area contributed by atoms with E-state index in [-0.39, 0.29) is 6.09 Å². The Morgan fingerprint density at radius 2 is 1.74 bits per heavy atom. The monoisotopic (exact) mass is 416 g/mol. The number of aryl methyl sites for hydroxylation is 1. The number of piperazine rings is 1. The second kappa shape index (κ2) is 10.2. The Hall–Kier alpha value is -3.25. The fourth-order valence-corrected chi connectivity index (χ4v) is 3.63. The summed E-state index contributed by atoms with van der Waals surface area (Å²) in [5, 5.41) is 0. The van der Waals surface area contributed by atoms with Gasteiger partial charge in [-0.2, -0.15) is 0 Å². The molecule has 3 aromatic rings. The maximum Gasteiger partial charge on any atom is 0.415 e. The predicted molar refractivity (Wildman–Crippen MR) is 120 cm³/mol. The van der Waals surface area contributed by atoms with Crippen molar-refractivity contribution in [2.75, 3.05) is 32.7 Å². The molecule has 1 aliphatic rings. The van der Waals surface area contributed by atoms with Crippen LogP contribution >= 0.6 is 0 Å². The zero-order chi connectivity index (χ0) is 21.5. The Morgan fingerprint density at radius 1 is 0.935 bits per heavy atom.